The minimum atomic E-state index is -0.0470. The number of nitrogens with zero attached hydrogens (tertiary/aromatic N) is 3. The number of azide groups is 1. The van der Waals surface area contributed by atoms with Crippen LogP contribution in [0.3, 0.4) is 0 Å². The van der Waals surface area contributed by atoms with Gasteiger partial charge >= 0.3 is 12.2 Å². The van der Waals surface area contributed by atoms with E-state index < -0.39 is 0 Å². The molecule has 0 aliphatic heterocycles. The summed E-state index contributed by atoms with van der Waals surface area (Å²) in [6, 6.07) is -0.0470. The van der Waals surface area contributed by atoms with Gasteiger partial charge in [0.25, 0.3) is 0 Å². The Bertz CT molecular complexity index is 512. The largest absolute Gasteiger partial charge is 0.373 e. The van der Waals surface area contributed by atoms with Gasteiger partial charge in [-0.05, 0) is 75.3 Å². The van der Waals surface area contributed by atoms with E-state index in [4.69, 9.17) is 20.9 Å². The van der Waals surface area contributed by atoms with E-state index in [0.717, 1.165) is 64.6 Å². The van der Waals surface area contributed by atoms with E-state index in [0.29, 0.717) is 18.4 Å². The van der Waals surface area contributed by atoms with Gasteiger partial charge in [-0.15, -0.1) is 13.2 Å². The van der Waals surface area contributed by atoms with Gasteiger partial charge in [-0.1, -0.05) is 45.0 Å². The summed E-state index contributed by atoms with van der Waals surface area (Å²) in [7, 11) is 0. The number of rotatable bonds is 15. The van der Waals surface area contributed by atoms with Crippen LogP contribution in [0.4, 0.5) is 4.79 Å². The molecule has 33 heavy (non-hydrogen) atoms. The van der Waals surface area contributed by atoms with Gasteiger partial charge in [0.15, 0.2) is 0 Å². The number of hydrogen-bond donors (Lipinski definition) is 3. The van der Waals surface area contributed by atoms with Crippen molar-refractivity contribution in [1.82, 2.24) is 10.6 Å². The predicted octanol–water partition coefficient (Wildman–Crippen LogP) is 5.75. The van der Waals surface area contributed by atoms with Crippen molar-refractivity contribution in [1.29, 1.82) is 0 Å². The number of urea groups is 1. The molecule has 9 nitrogen and oxygen atoms in total. The first-order valence-corrected chi connectivity index (χ1v) is 11.7. The first-order valence-electron chi connectivity index (χ1n) is 11.7. The van der Waals surface area contributed by atoms with Crippen LogP contribution in [0, 0.1) is 11.8 Å². The van der Waals surface area contributed by atoms with Gasteiger partial charge in [-0.3, -0.25) is 0 Å². The Morgan fingerprint density at radius 3 is 1.88 bits per heavy atom. The molecule has 4 N–H and O–H groups in total. The lowest BCUT2D eigenvalue weighted by atomic mass is 10.1. The predicted molar refractivity (Wildman–Crippen MR) is 136 cm³/mol. The van der Waals surface area contributed by atoms with Crippen molar-refractivity contribution in [2.45, 2.75) is 79.1 Å². The van der Waals surface area contributed by atoms with E-state index in [1.54, 1.807) is 0 Å². The van der Waals surface area contributed by atoms with Crippen molar-refractivity contribution in [3.8, 4) is 0 Å². The summed E-state index contributed by atoms with van der Waals surface area (Å²) in [5.74, 6) is 1.28. The van der Waals surface area contributed by atoms with Gasteiger partial charge < -0.3 is 16.4 Å². The molecule has 0 radical (unpaired) electrons. The van der Waals surface area contributed by atoms with Crippen LogP contribution >= 0.6 is 0 Å². The third-order valence-corrected chi connectivity index (χ3v) is 3.86. The third kappa shape index (κ3) is 58.6. The molecule has 0 fully saturated rings. The topological polar surface area (TPSA) is 150 Å². The lowest BCUT2D eigenvalue weighted by Gasteiger charge is -2.08. The second-order valence-electron chi connectivity index (χ2n) is 7.94. The lowest BCUT2D eigenvalue weighted by molar-refractivity contribution is -0.191. The van der Waals surface area contributed by atoms with E-state index in [9.17, 15) is 4.79 Å². The molecule has 0 heterocycles. The maximum atomic E-state index is 11.2. The zero-order chi connectivity index (χ0) is 26.2. The molecule has 0 spiro atoms. The van der Waals surface area contributed by atoms with E-state index in [1.165, 1.54) is 6.42 Å². The fraction of sp³-hybridized carbons (Fsp3) is 0.750. The highest BCUT2D eigenvalue weighted by Crippen LogP contribution is 1.98. The number of allylic oxidation sites excluding steroid dienone is 2. The Kier molecular flexibility index (Phi) is 42.0. The summed E-state index contributed by atoms with van der Waals surface area (Å²) in [5.41, 5.74) is 13.1. The Morgan fingerprint density at radius 1 is 0.970 bits per heavy atom. The van der Waals surface area contributed by atoms with Gasteiger partial charge in [0.2, 0.25) is 0 Å². The van der Waals surface area contributed by atoms with Crippen molar-refractivity contribution in [3.63, 3.8) is 0 Å². The fourth-order valence-corrected chi connectivity index (χ4v) is 1.95. The van der Waals surface area contributed by atoms with Gasteiger partial charge in [0.05, 0.1) is 0 Å². The molecule has 0 aromatic carbocycles. The van der Waals surface area contributed by atoms with Gasteiger partial charge in [-0.2, -0.15) is 9.59 Å². The first-order chi connectivity index (χ1) is 15.8. The van der Waals surface area contributed by atoms with Crippen LogP contribution in [-0.2, 0) is 9.59 Å². The zero-order valence-corrected chi connectivity index (χ0v) is 21.4. The van der Waals surface area contributed by atoms with Crippen LogP contribution in [-0.4, -0.2) is 38.4 Å². The molecule has 0 bridgehead atoms. The molecule has 0 aliphatic carbocycles. The first kappa shape index (κ1) is 37.7. The molecular weight excluding hydrogens is 420 g/mol. The highest BCUT2D eigenvalue weighted by molar-refractivity contribution is 5.73. The summed E-state index contributed by atoms with van der Waals surface area (Å²) in [6.07, 6.45) is 12.7. The molecular formula is C24H48N6O3. The molecule has 0 unspecified atom stereocenters. The molecule has 0 aliphatic rings. The molecule has 0 atom stereocenters. The van der Waals surface area contributed by atoms with E-state index in [-0.39, 0.29) is 12.2 Å². The van der Waals surface area contributed by atoms with Crippen LogP contribution in [0.25, 0.3) is 10.4 Å². The number of unbranched alkanes of at least 4 members (excludes halogenated alkanes) is 4. The summed E-state index contributed by atoms with van der Waals surface area (Å²) < 4.78 is 0. The molecule has 0 saturated heterocycles. The summed E-state index contributed by atoms with van der Waals surface area (Å²) in [4.78, 5) is 30.1. The highest BCUT2D eigenvalue weighted by atomic mass is 16.2. The average molecular weight is 469 g/mol. The molecule has 192 valence electrons. The molecule has 9 heteroatoms. The molecule has 0 aromatic rings. The normalized spacial score (nSPS) is 8.82. The number of carbonyl (C=O) groups is 1. The van der Waals surface area contributed by atoms with Crippen LogP contribution in [0.5, 0.6) is 0 Å². The van der Waals surface area contributed by atoms with Crippen LogP contribution in [0.2, 0.25) is 0 Å². The van der Waals surface area contributed by atoms with Crippen LogP contribution in [0.15, 0.2) is 30.4 Å². The molecule has 2 amide bonds. The van der Waals surface area contributed by atoms with Gasteiger partial charge in [0, 0.05) is 24.5 Å². The third-order valence-electron chi connectivity index (χ3n) is 3.86. The highest BCUT2D eigenvalue weighted by Gasteiger charge is 1.99. The maximum absolute atomic E-state index is 11.2. The van der Waals surface area contributed by atoms with E-state index in [2.05, 4.69) is 61.5 Å². The van der Waals surface area contributed by atoms with Crippen molar-refractivity contribution < 1.29 is 14.4 Å². The zero-order valence-electron chi connectivity index (χ0n) is 21.4. The van der Waals surface area contributed by atoms with Crippen molar-refractivity contribution in [3.05, 3.63) is 35.8 Å². The second kappa shape index (κ2) is 36.8. The maximum Gasteiger partial charge on any atom is 0.373 e. The van der Waals surface area contributed by atoms with Crippen molar-refractivity contribution in [2.75, 3.05) is 26.2 Å². The number of nitrogens with one attached hydrogen (secondary N) is 2. The second-order valence-corrected chi connectivity index (χ2v) is 7.94. The summed E-state index contributed by atoms with van der Waals surface area (Å²) in [5, 5.41) is 9.06. The number of amides is 2. The number of hydrogen-bond acceptors (Lipinski definition) is 5. The fourth-order valence-electron chi connectivity index (χ4n) is 1.95. The van der Waals surface area contributed by atoms with Gasteiger partial charge in [-0.25, -0.2) is 4.79 Å². The summed E-state index contributed by atoms with van der Waals surface area (Å²) in [6.45, 7) is 18.7. The molecule has 0 saturated carbocycles. The van der Waals surface area contributed by atoms with Crippen LogP contribution < -0.4 is 16.4 Å². The Morgan fingerprint density at radius 2 is 1.45 bits per heavy atom. The number of carbonyl (C=O) groups excluding carboxylic acids is 3. The number of nitrogens with two attached hydrogens (primary N) is 1. The van der Waals surface area contributed by atoms with E-state index >= 15 is 0 Å². The SMILES string of the molecule is C=CCCCCN.C=CCCCCNC(=O)NCCC(C)C.CC(C)CCN=[N+]=[N-].O=C=O. The molecule has 0 aromatic heterocycles. The standard InChI is InChI=1S/C12H24N2O.C6H13N.C5H11N3.CO2/c1-4-5-6-7-9-13-12(15)14-10-8-11(2)3;1-2-3-4-5-6-7;1-5(2)3-4-7-8-6;2-1-3/h4,11H,1,5-10H2,2-3H3,(H2,13,14,15);2H,1,3-7H2;5H,3-4H2,1-2H3;. The lowest BCUT2D eigenvalue weighted by Crippen LogP contribution is -2.36. The summed E-state index contributed by atoms with van der Waals surface area (Å²) >= 11 is 0. The van der Waals surface area contributed by atoms with Crippen molar-refractivity contribution >= 4 is 12.2 Å². The minimum Gasteiger partial charge on any atom is -0.338 e. The Hall–Kier alpha value is -2.60. The average Bonchev–Trinajstić information content (AvgIpc) is 2.75. The molecule has 0 rings (SSSR count). The smallest absolute Gasteiger partial charge is 0.338 e. The van der Waals surface area contributed by atoms with Crippen molar-refractivity contribution in [2.24, 2.45) is 22.7 Å². The quantitative estimate of drug-likeness (QED) is 0.0921. The van der Waals surface area contributed by atoms with Crippen LogP contribution in [0.1, 0.15) is 79.1 Å². The van der Waals surface area contributed by atoms with Gasteiger partial charge in [0.1, 0.15) is 0 Å². The monoisotopic (exact) mass is 468 g/mol. The van der Waals surface area contributed by atoms with E-state index in [1.807, 2.05) is 12.2 Å². The Labute approximate surface area is 201 Å². The Balaban J connectivity index is -0.000000197. The minimum absolute atomic E-state index is 0.0470.